The second-order valence-corrected chi connectivity index (χ2v) is 7.54. The molecule has 0 unspecified atom stereocenters. The van der Waals surface area contributed by atoms with E-state index in [2.05, 4.69) is 18.0 Å². The monoisotopic (exact) mass is 336 g/mol. The molecule has 0 radical (unpaired) electrons. The van der Waals surface area contributed by atoms with E-state index in [1.807, 2.05) is 24.9 Å². The zero-order valence-electron chi connectivity index (χ0n) is 13.3. The van der Waals surface area contributed by atoms with E-state index in [9.17, 15) is 4.79 Å². The third-order valence-electron chi connectivity index (χ3n) is 4.37. The first kappa shape index (κ1) is 15.8. The van der Waals surface area contributed by atoms with Gasteiger partial charge in [-0.15, -0.1) is 11.3 Å². The summed E-state index contributed by atoms with van der Waals surface area (Å²) < 4.78 is 1.29. The molecule has 0 N–H and O–H groups in total. The van der Waals surface area contributed by atoms with Crippen molar-refractivity contribution in [1.82, 2.24) is 9.80 Å². The van der Waals surface area contributed by atoms with Gasteiger partial charge in [0.2, 0.25) is 5.91 Å². The largest absolute Gasteiger partial charge is 0.341 e. The first-order chi connectivity index (χ1) is 10.5. The average molecular weight is 337 g/mol. The summed E-state index contributed by atoms with van der Waals surface area (Å²) in [6.45, 7) is 4.54. The van der Waals surface area contributed by atoms with E-state index < -0.39 is 0 Å². The lowest BCUT2D eigenvalue weighted by Crippen LogP contribution is -2.25. The topological polar surface area (TPSA) is 23.6 Å². The minimum Gasteiger partial charge on any atom is -0.341 e. The lowest BCUT2D eigenvalue weighted by atomic mass is 10.0. The van der Waals surface area contributed by atoms with E-state index in [0.717, 1.165) is 24.5 Å². The summed E-state index contributed by atoms with van der Waals surface area (Å²) >= 11 is 8.24. The molecule has 1 aromatic heterocycles. The number of hydrogen-bond acceptors (Lipinski definition) is 3. The van der Waals surface area contributed by atoms with E-state index in [0.29, 0.717) is 13.0 Å². The van der Waals surface area contributed by atoms with Crippen LogP contribution < -0.4 is 0 Å². The summed E-state index contributed by atoms with van der Waals surface area (Å²) in [4.78, 5) is 17.3. The second kappa shape index (κ2) is 6.19. The zero-order valence-corrected chi connectivity index (χ0v) is 14.9. The zero-order chi connectivity index (χ0) is 15.9. The van der Waals surface area contributed by atoms with Crippen LogP contribution in [0.5, 0.6) is 0 Å². The number of nitrogens with zero attached hydrogens (tertiary/aromatic N) is 2. The van der Waals surface area contributed by atoms with Crippen LogP contribution in [0.15, 0.2) is 12.1 Å². The highest BCUT2D eigenvalue weighted by Gasteiger charge is 2.22. The van der Waals surface area contributed by atoms with Crippen molar-refractivity contribution in [2.45, 2.75) is 32.9 Å². The second-order valence-electron chi connectivity index (χ2n) is 5.99. The van der Waals surface area contributed by atoms with Crippen molar-refractivity contribution in [3.63, 3.8) is 0 Å². The fourth-order valence-electron chi connectivity index (χ4n) is 3.12. The number of hydrogen-bond donors (Lipinski definition) is 0. The molecule has 118 valence electrons. The number of carbonyl (C=O) groups is 1. The molecule has 2 heterocycles. The quantitative estimate of drug-likeness (QED) is 0.848. The number of benzene rings is 1. The minimum absolute atomic E-state index is 0.185. The van der Waals surface area contributed by atoms with E-state index >= 15 is 0 Å². The number of halogens is 1. The normalized spacial score (nSPS) is 15.1. The average Bonchev–Trinajstić information content (AvgIpc) is 2.72. The molecule has 0 spiro atoms. The summed E-state index contributed by atoms with van der Waals surface area (Å²) in [5.41, 5.74) is 2.62. The van der Waals surface area contributed by atoms with Crippen molar-refractivity contribution in [1.29, 1.82) is 0 Å². The van der Waals surface area contributed by atoms with Gasteiger partial charge in [-0.2, -0.15) is 0 Å². The van der Waals surface area contributed by atoms with Crippen LogP contribution >= 0.6 is 22.9 Å². The van der Waals surface area contributed by atoms with E-state index in [1.54, 1.807) is 11.3 Å². The van der Waals surface area contributed by atoms with Crippen LogP contribution in [0.4, 0.5) is 0 Å². The van der Waals surface area contributed by atoms with Gasteiger partial charge in [-0.05, 0) is 36.7 Å². The Bertz CT molecular complexity index is 725. The third kappa shape index (κ3) is 2.75. The fourth-order valence-corrected chi connectivity index (χ4v) is 4.67. The molecule has 0 bridgehead atoms. The van der Waals surface area contributed by atoms with Gasteiger partial charge in [0.25, 0.3) is 0 Å². The molecule has 1 aliphatic heterocycles. The van der Waals surface area contributed by atoms with Gasteiger partial charge in [-0.1, -0.05) is 18.5 Å². The highest BCUT2D eigenvalue weighted by Crippen LogP contribution is 2.39. The molecule has 1 aliphatic rings. The van der Waals surface area contributed by atoms with Gasteiger partial charge in [0.15, 0.2) is 0 Å². The number of rotatable bonds is 3. The number of amides is 1. The van der Waals surface area contributed by atoms with Crippen LogP contribution in [0.2, 0.25) is 5.02 Å². The molecule has 3 rings (SSSR count). The van der Waals surface area contributed by atoms with E-state index in [4.69, 9.17) is 11.6 Å². The Morgan fingerprint density at radius 1 is 1.41 bits per heavy atom. The molecule has 0 fully saturated rings. The highest BCUT2D eigenvalue weighted by atomic mass is 35.5. The molecule has 1 aromatic carbocycles. The molecule has 0 aliphatic carbocycles. The maximum Gasteiger partial charge on any atom is 0.222 e. The predicted molar refractivity (Wildman–Crippen MR) is 93.6 cm³/mol. The first-order valence-corrected chi connectivity index (χ1v) is 8.84. The van der Waals surface area contributed by atoms with E-state index in [1.165, 1.54) is 26.1 Å². The van der Waals surface area contributed by atoms with Crippen LogP contribution in [-0.4, -0.2) is 36.3 Å². The molecule has 22 heavy (non-hydrogen) atoms. The Morgan fingerprint density at radius 3 is 2.91 bits per heavy atom. The van der Waals surface area contributed by atoms with Gasteiger partial charge >= 0.3 is 0 Å². The number of carbonyl (C=O) groups excluding carboxylic acids is 1. The first-order valence-electron chi connectivity index (χ1n) is 7.65. The summed E-state index contributed by atoms with van der Waals surface area (Å²) in [6, 6.07) is 4.13. The summed E-state index contributed by atoms with van der Waals surface area (Å²) in [6.07, 6.45) is 1.54. The van der Waals surface area contributed by atoms with Crippen molar-refractivity contribution >= 4 is 38.9 Å². The fraction of sp³-hybridized carbons (Fsp3) is 0.471. The smallest absolute Gasteiger partial charge is 0.222 e. The van der Waals surface area contributed by atoms with Gasteiger partial charge < -0.3 is 9.80 Å². The maximum absolute atomic E-state index is 11.9. The van der Waals surface area contributed by atoms with Crippen molar-refractivity contribution in [3.8, 4) is 0 Å². The molecule has 3 nitrogen and oxygen atoms in total. The Labute approximate surface area is 140 Å². The number of likely N-dealkylation sites (N-methyl/N-ethyl adjacent to an activating group) is 1. The Kier molecular flexibility index (Phi) is 4.44. The summed E-state index contributed by atoms with van der Waals surface area (Å²) in [5.74, 6) is 0.185. The van der Waals surface area contributed by atoms with Crippen LogP contribution in [-0.2, 0) is 24.3 Å². The van der Waals surface area contributed by atoms with Crippen LogP contribution in [0.1, 0.15) is 29.3 Å². The highest BCUT2D eigenvalue weighted by molar-refractivity contribution is 7.19. The van der Waals surface area contributed by atoms with Crippen molar-refractivity contribution in [2.75, 3.05) is 20.6 Å². The molecule has 0 saturated heterocycles. The van der Waals surface area contributed by atoms with Crippen molar-refractivity contribution < 1.29 is 4.79 Å². The lowest BCUT2D eigenvalue weighted by molar-refractivity contribution is -0.130. The molecular formula is C17H21ClN2OS. The van der Waals surface area contributed by atoms with Gasteiger partial charge in [0, 0.05) is 46.5 Å². The van der Waals surface area contributed by atoms with Crippen LogP contribution in [0.3, 0.4) is 0 Å². The van der Waals surface area contributed by atoms with Gasteiger partial charge in [-0.25, -0.2) is 0 Å². The summed E-state index contributed by atoms with van der Waals surface area (Å²) in [5, 5.41) is 2.19. The lowest BCUT2D eigenvalue weighted by Gasteiger charge is -2.18. The SMILES string of the molecule is CCC(=O)N(C)Cc1sc2ccc(Cl)c3c2c1CN(C)CC3. The van der Waals surface area contributed by atoms with Gasteiger partial charge in [0.05, 0.1) is 6.54 Å². The molecule has 2 aromatic rings. The molecule has 5 heteroatoms. The maximum atomic E-state index is 11.9. The number of thiophene rings is 1. The van der Waals surface area contributed by atoms with Crippen molar-refractivity contribution in [2.24, 2.45) is 0 Å². The van der Waals surface area contributed by atoms with Crippen LogP contribution in [0, 0.1) is 0 Å². The van der Waals surface area contributed by atoms with Crippen molar-refractivity contribution in [3.05, 3.63) is 33.2 Å². The van der Waals surface area contributed by atoms with Gasteiger partial charge in [-0.3, -0.25) is 4.79 Å². The Balaban J connectivity index is 2.10. The molecule has 1 amide bonds. The third-order valence-corrected chi connectivity index (χ3v) is 5.91. The molecular weight excluding hydrogens is 316 g/mol. The Hall–Kier alpha value is -1.10. The Morgan fingerprint density at radius 2 is 2.18 bits per heavy atom. The van der Waals surface area contributed by atoms with E-state index in [-0.39, 0.29) is 5.91 Å². The van der Waals surface area contributed by atoms with Crippen LogP contribution in [0.25, 0.3) is 10.1 Å². The minimum atomic E-state index is 0.185. The predicted octanol–water partition coefficient (Wildman–Crippen LogP) is 3.91. The molecule has 0 atom stereocenters. The standard InChI is InChI=1S/C17H21ClN2OS/c1-4-16(21)20(3)10-15-12-9-19(2)8-7-11-13(18)5-6-14(22-15)17(11)12/h5-6H,4,7-10H2,1-3H3. The van der Waals surface area contributed by atoms with Gasteiger partial charge in [0.1, 0.15) is 0 Å². The molecule has 0 saturated carbocycles. The summed E-state index contributed by atoms with van der Waals surface area (Å²) in [7, 11) is 4.03.